The Bertz CT molecular complexity index is 929. The number of fused-ring (bicyclic) bond motifs is 1. The maximum atomic E-state index is 12.6. The quantitative estimate of drug-likeness (QED) is 0.717. The molecule has 4 rings (SSSR count). The molecule has 0 aliphatic carbocycles. The lowest BCUT2D eigenvalue weighted by atomic mass is 9.96. The molecule has 0 atom stereocenters. The first-order valence-electron chi connectivity index (χ1n) is 10.0. The van der Waals surface area contributed by atoms with Crippen LogP contribution in [0.1, 0.15) is 29.0 Å². The van der Waals surface area contributed by atoms with E-state index in [0.717, 1.165) is 62.0 Å². The van der Waals surface area contributed by atoms with E-state index in [1.54, 1.807) is 4.68 Å². The second kappa shape index (κ2) is 8.52. The Balaban J connectivity index is 1.24. The summed E-state index contributed by atoms with van der Waals surface area (Å²) in [5.74, 6) is 0.458. The molecule has 2 aromatic heterocycles. The van der Waals surface area contributed by atoms with Crippen LogP contribution in [0.15, 0.2) is 48.7 Å². The zero-order valence-electron chi connectivity index (χ0n) is 16.3. The third-order valence-electron chi connectivity index (χ3n) is 5.64. The summed E-state index contributed by atoms with van der Waals surface area (Å²) in [6.07, 6.45) is 5.08. The minimum Gasteiger partial charge on any atom is -0.350 e. The van der Waals surface area contributed by atoms with Gasteiger partial charge in [0.05, 0.1) is 5.52 Å². The van der Waals surface area contributed by atoms with Crippen LogP contribution in [0.25, 0.3) is 10.9 Å². The van der Waals surface area contributed by atoms with Gasteiger partial charge in [0.1, 0.15) is 0 Å². The van der Waals surface area contributed by atoms with E-state index >= 15 is 0 Å². The van der Waals surface area contributed by atoms with Gasteiger partial charge in [0.25, 0.3) is 5.91 Å². The van der Waals surface area contributed by atoms with Crippen LogP contribution >= 0.6 is 0 Å². The molecular formula is C22H27N5O. The number of pyridine rings is 1. The number of aromatic nitrogens is 3. The van der Waals surface area contributed by atoms with Crippen LogP contribution in [0.4, 0.5) is 0 Å². The summed E-state index contributed by atoms with van der Waals surface area (Å²) in [5, 5.41) is 8.42. The van der Waals surface area contributed by atoms with Crippen molar-refractivity contribution in [1.29, 1.82) is 0 Å². The van der Waals surface area contributed by atoms with Gasteiger partial charge in [-0.25, -0.2) is 0 Å². The van der Waals surface area contributed by atoms with Crippen molar-refractivity contribution >= 4 is 16.8 Å². The first-order chi connectivity index (χ1) is 13.7. The molecule has 1 N–H and O–H groups in total. The average molecular weight is 377 g/mol. The van der Waals surface area contributed by atoms with Crippen LogP contribution < -0.4 is 5.32 Å². The van der Waals surface area contributed by atoms with Crippen molar-refractivity contribution in [2.24, 2.45) is 13.0 Å². The number of nitrogens with zero attached hydrogens (tertiary/aromatic N) is 4. The molecule has 0 radical (unpaired) electrons. The highest BCUT2D eigenvalue weighted by molar-refractivity contribution is 6.04. The maximum absolute atomic E-state index is 12.6. The van der Waals surface area contributed by atoms with Gasteiger partial charge in [-0.2, -0.15) is 5.10 Å². The van der Waals surface area contributed by atoms with Crippen molar-refractivity contribution in [3.8, 4) is 0 Å². The van der Waals surface area contributed by atoms with Gasteiger partial charge in [-0.15, -0.1) is 0 Å². The number of nitrogens with one attached hydrogen (secondary N) is 1. The van der Waals surface area contributed by atoms with Gasteiger partial charge in [0.2, 0.25) is 0 Å². The number of likely N-dealkylation sites (tertiary alicyclic amines) is 1. The van der Waals surface area contributed by atoms with E-state index in [1.807, 2.05) is 49.6 Å². The Labute approximate surface area is 165 Å². The van der Waals surface area contributed by atoms with Crippen LogP contribution in [-0.2, 0) is 13.5 Å². The number of carbonyl (C=O) groups is 1. The van der Waals surface area contributed by atoms with Crippen molar-refractivity contribution in [2.75, 3.05) is 26.2 Å². The largest absolute Gasteiger partial charge is 0.350 e. The highest BCUT2D eigenvalue weighted by Crippen LogP contribution is 2.19. The topological polar surface area (TPSA) is 63.1 Å². The molecule has 0 spiro atoms. The number of para-hydroxylation sites is 1. The summed E-state index contributed by atoms with van der Waals surface area (Å²) in [4.78, 5) is 19.5. The van der Waals surface area contributed by atoms with E-state index in [4.69, 9.17) is 0 Å². The number of benzene rings is 1. The van der Waals surface area contributed by atoms with E-state index < -0.39 is 0 Å². The molecule has 1 saturated heterocycles. The zero-order valence-corrected chi connectivity index (χ0v) is 16.3. The fraction of sp³-hybridized carbons (Fsp3) is 0.409. The summed E-state index contributed by atoms with van der Waals surface area (Å²) in [7, 11) is 1.87. The van der Waals surface area contributed by atoms with Crippen molar-refractivity contribution in [2.45, 2.75) is 19.3 Å². The molecule has 1 aliphatic heterocycles. The smallest absolute Gasteiger partial charge is 0.272 e. The lowest BCUT2D eigenvalue weighted by Gasteiger charge is -2.31. The van der Waals surface area contributed by atoms with Gasteiger partial charge in [-0.05, 0) is 50.0 Å². The van der Waals surface area contributed by atoms with Crippen LogP contribution in [0.2, 0.25) is 0 Å². The molecule has 0 saturated carbocycles. The zero-order chi connectivity index (χ0) is 19.3. The van der Waals surface area contributed by atoms with Gasteiger partial charge in [0.15, 0.2) is 5.69 Å². The molecule has 146 valence electrons. The van der Waals surface area contributed by atoms with Crippen molar-refractivity contribution in [3.05, 3.63) is 60.0 Å². The van der Waals surface area contributed by atoms with Crippen molar-refractivity contribution < 1.29 is 4.79 Å². The fourth-order valence-electron chi connectivity index (χ4n) is 3.94. The Morgan fingerprint density at radius 3 is 2.71 bits per heavy atom. The van der Waals surface area contributed by atoms with Crippen LogP contribution in [0, 0.1) is 5.92 Å². The van der Waals surface area contributed by atoms with E-state index in [0.29, 0.717) is 11.6 Å². The standard InChI is InChI=1S/C22H27N5O/c1-26-20-8-3-2-7-19(20)21(25-26)22(28)24-16-17-9-13-27(14-10-17)15-11-18-6-4-5-12-23-18/h2-8,12,17H,9-11,13-16H2,1H3,(H,24,28). The molecule has 6 heteroatoms. The number of amides is 1. The van der Waals surface area contributed by atoms with Gasteiger partial charge < -0.3 is 10.2 Å². The fourth-order valence-corrected chi connectivity index (χ4v) is 3.94. The molecule has 1 aliphatic rings. The summed E-state index contributed by atoms with van der Waals surface area (Å²) >= 11 is 0. The molecule has 1 amide bonds. The van der Waals surface area contributed by atoms with Crippen LogP contribution in [0.5, 0.6) is 0 Å². The minimum absolute atomic E-state index is 0.0746. The maximum Gasteiger partial charge on any atom is 0.272 e. The van der Waals surface area contributed by atoms with Crippen LogP contribution in [-0.4, -0.2) is 51.8 Å². The number of rotatable bonds is 6. The van der Waals surface area contributed by atoms with Gasteiger partial charge in [0, 0.05) is 43.8 Å². The number of carbonyl (C=O) groups excluding carboxylic acids is 1. The van der Waals surface area contributed by atoms with Gasteiger partial charge in [-0.3, -0.25) is 14.5 Å². The normalized spacial score (nSPS) is 15.8. The Morgan fingerprint density at radius 1 is 1.14 bits per heavy atom. The highest BCUT2D eigenvalue weighted by atomic mass is 16.1. The number of hydrogen-bond acceptors (Lipinski definition) is 4. The second-order valence-corrected chi connectivity index (χ2v) is 7.56. The molecule has 3 aromatic rings. The van der Waals surface area contributed by atoms with Gasteiger partial charge >= 0.3 is 0 Å². The third kappa shape index (κ3) is 4.22. The molecule has 0 bridgehead atoms. The highest BCUT2D eigenvalue weighted by Gasteiger charge is 2.21. The number of hydrogen-bond donors (Lipinski definition) is 1. The van der Waals surface area contributed by atoms with E-state index in [-0.39, 0.29) is 5.91 Å². The Morgan fingerprint density at radius 2 is 1.93 bits per heavy atom. The molecular weight excluding hydrogens is 350 g/mol. The average Bonchev–Trinajstić information content (AvgIpc) is 3.09. The molecule has 6 nitrogen and oxygen atoms in total. The Hall–Kier alpha value is -2.73. The minimum atomic E-state index is -0.0746. The van der Waals surface area contributed by atoms with E-state index in [2.05, 4.69) is 26.4 Å². The molecule has 1 fully saturated rings. The second-order valence-electron chi connectivity index (χ2n) is 7.56. The number of piperidine rings is 1. The van der Waals surface area contributed by atoms with Crippen molar-refractivity contribution in [1.82, 2.24) is 25.0 Å². The molecule has 28 heavy (non-hydrogen) atoms. The monoisotopic (exact) mass is 377 g/mol. The first-order valence-corrected chi connectivity index (χ1v) is 10.0. The van der Waals surface area contributed by atoms with E-state index in [9.17, 15) is 4.79 Å². The third-order valence-corrected chi connectivity index (χ3v) is 5.64. The summed E-state index contributed by atoms with van der Waals surface area (Å²) in [6, 6.07) is 13.9. The summed E-state index contributed by atoms with van der Waals surface area (Å²) < 4.78 is 1.77. The molecule has 0 unspecified atom stereocenters. The summed E-state index contributed by atoms with van der Waals surface area (Å²) in [5.41, 5.74) is 2.65. The number of aryl methyl sites for hydroxylation is 1. The predicted molar refractivity (Wildman–Crippen MR) is 110 cm³/mol. The van der Waals surface area contributed by atoms with Crippen LogP contribution in [0.3, 0.4) is 0 Å². The van der Waals surface area contributed by atoms with Crippen molar-refractivity contribution in [3.63, 3.8) is 0 Å². The summed E-state index contributed by atoms with van der Waals surface area (Å²) in [6.45, 7) is 3.94. The first kappa shape index (κ1) is 18.6. The Kier molecular flexibility index (Phi) is 5.67. The van der Waals surface area contributed by atoms with Gasteiger partial charge in [-0.1, -0.05) is 24.3 Å². The molecule has 1 aromatic carbocycles. The lowest BCUT2D eigenvalue weighted by molar-refractivity contribution is 0.0932. The van der Waals surface area contributed by atoms with E-state index in [1.165, 1.54) is 0 Å². The lowest BCUT2D eigenvalue weighted by Crippen LogP contribution is -2.39. The predicted octanol–water partition coefficient (Wildman–Crippen LogP) is 2.65. The SMILES string of the molecule is Cn1nc(C(=O)NCC2CCN(CCc3ccccn3)CC2)c2ccccc21. The molecule has 3 heterocycles.